The maximum absolute atomic E-state index is 12.1. The van der Waals surface area contributed by atoms with Crippen LogP contribution >= 0.6 is 0 Å². The Morgan fingerprint density at radius 3 is 2.20 bits per heavy atom. The first-order chi connectivity index (χ1) is 14.0. The summed E-state index contributed by atoms with van der Waals surface area (Å²) in [6, 6.07) is 4.06. The first-order valence-corrected chi connectivity index (χ1v) is 10.4. The number of imide groups is 1. The van der Waals surface area contributed by atoms with Crippen molar-refractivity contribution >= 4 is 23.4 Å². The van der Waals surface area contributed by atoms with Crippen molar-refractivity contribution in [3.63, 3.8) is 0 Å². The zero-order chi connectivity index (χ0) is 21.8. The zero-order valence-electron chi connectivity index (χ0n) is 18.5. The Morgan fingerprint density at radius 2 is 1.63 bits per heavy atom. The summed E-state index contributed by atoms with van der Waals surface area (Å²) in [6.45, 7) is 11.6. The second-order valence-corrected chi connectivity index (χ2v) is 9.67. The molecule has 158 valence electrons. The number of amides is 3. The van der Waals surface area contributed by atoms with Crippen LogP contribution in [0.3, 0.4) is 0 Å². The molecule has 0 spiro atoms. The Bertz CT molecular complexity index is 1060. The van der Waals surface area contributed by atoms with Gasteiger partial charge in [0, 0.05) is 11.1 Å². The van der Waals surface area contributed by atoms with Gasteiger partial charge in [0.15, 0.2) is 0 Å². The summed E-state index contributed by atoms with van der Waals surface area (Å²) in [7, 11) is 1.61. The number of fused-ring (bicyclic) bond motifs is 1. The third-order valence-corrected chi connectivity index (χ3v) is 6.64. The second kappa shape index (κ2) is 6.83. The maximum atomic E-state index is 12.1. The molecular formula is C24H29N3O3. The van der Waals surface area contributed by atoms with Gasteiger partial charge >= 0.3 is 6.03 Å². The molecule has 0 bridgehead atoms. The van der Waals surface area contributed by atoms with Gasteiger partial charge in [-0.15, -0.1) is 0 Å². The fourth-order valence-electron chi connectivity index (χ4n) is 4.65. The van der Waals surface area contributed by atoms with Crippen LogP contribution in [0.1, 0.15) is 62.8 Å². The Morgan fingerprint density at radius 1 is 1.00 bits per heavy atom. The van der Waals surface area contributed by atoms with E-state index in [9.17, 15) is 9.59 Å². The highest BCUT2D eigenvalue weighted by molar-refractivity contribution is 6.22. The number of hydrogen-bond donors (Lipinski definition) is 2. The van der Waals surface area contributed by atoms with Gasteiger partial charge in [0.05, 0.1) is 13.7 Å². The molecule has 1 aromatic rings. The van der Waals surface area contributed by atoms with Gasteiger partial charge in [0.2, 0.25) is 5.90 Å². The van der Waals surface area contributed by atoms with Crippen LogP contribution in [0.5, 0.6) is 0 Å². The van der Waals surface area contributed by atoms with E-state index in [0.29, 0.717) is 11.5 Å². The molecule has 1 aliphatic carbocycles. The van der Waals surface area contributed by atoms with Crippen molar-refractivity contribution in [2.75, 3.05) is 13.7 Å². The number of dihydropyridines is 1. The lowest BCUT2D eigenvalue weighted by molar-refractivity contribution is -0.115. The minimum atomic E-state index is -0.507. The molecule has 0 aromatic heterocycles. The average Bonchev–Trinajstić information content (AvgIpc) is 3.03. The topological polar surface area (TPSA) is 79.8 Å². The molecule has 6 heteroatoms. The van der Waals surface area contributed by atoms with Gasteiger partial charge in [0.1, 0.15) is 5.70 Å². The average molecular weight is 408 g/mol. The quantitative estimate of drug-likeness (QED) is 0.548. The summed E-state index contributed by atoms with van der Waals surface area (Å²) in [5, 5.41) is 4.85. The number of carbonyl (C=O) groups excluding carboxylic acids is 2. The molecule has 0 unspecified atom stereocenters. The summed E-state index contributed by atoms with van der Waals surface area (Å²) in [5.41, 5.74) is 6.90. The fourth-order valence-corrected chi connectivity index (χ4v) is 4.65. The second-order valence-electron chi connectivity index (χ2n) is 9.67. The smallest absolute Gasteiger partial charge is 0.326 e. The zero-order valence-corrected chi connectivity index (χ0v) is 18.5. The number of nitrogens with zero attached hydrogens (tertiary/aromatic N) is 1. The summed E-state index contributed by atoms with van der Waals surface area (Å²) < 4.78 is 5.58. The van der Waals surface area contributed by atoms with Crippen molar-refractivity contribution < 1.29 is 14.3 Å². The SMILES string of the molecule is COC1=NCC(=C2NC(=O)NC2=O)C=C1c1cc2c(cc1C)C(C)(C)CCC2(C)C. The summed E-state index contributed by atoms with van der Waals surface area (Å²) in [6.07, 6.45) is 4.20. The monoisotopic (exact) mass is 407 g/mol. The van der Waals surface area contributed by atoms with E-state index in [4.69, 9.17) is 4.74 Å². The number of ether oxygens (including phenoxy) is 1. The van der Waals surface area contributed by atoms with Crippen LogP contribution in [0.25, 0.3) is 5.57 Å². The number of urea groups is 1. The molecule has 1 fully saturated rings. The van der Waals surface area contributed by atoms with Crippen LogP contribution in [-0.4, -0.2) is 31.5 Å². The Kier molecular flexibility index (Phi) is 4.64. The van der Waals surface area contributed by atoms with Crippen LogP contribution in [0.2, 0.25) is 0 Å². The lowest BCUT2D eigenvalue weighted by Crippen LogP contribution is -2.34. The van der Waals surface area contributed by atoms with Gasteiger partial charge in [-0.2, -0.15) is 0 Å². The van der Waals surface area contributed by atoms with E-state index in [2.05, 4.69) is 62.4 Å². The first kappa shape index (κ1) is 20.4. The summed E-state index contributed by atoms with van der Waals surface area (Å²) in [5.74, 6) is 0.117. The van der Waals surface area contributed by atoms with Crippen LogP contribution < -0.4 is 10.6 Å². The van der Waals surface area contributed by atoms with Crippen LogP contribution in [0.15, 0.2) is 34.5 Å². The number of rotatable bonds is 1. The number of methoxy groups -OCH3 is 1. The highest BCUT2D eigenvalue weighted by Gasteiger charge is 2.38. The van der Waals surface area contributed by atoms with Crippen molar-refractivity contribution in [1.82, 2.24) is 10.6 Å². The molecule has 30 heavy (non-hydrogen) atoms. The molecular weight excluding hydrogens is 378 g/mol. The largest absolute Gasteiger partial charge is 0.481 e. The number of aryl methyl sites for hydroxylation is 1. The van der Waals surface area contributed by atoms with Gasteiger partial charge in [-0.05, 0) is 65.0 Å². The van der Waals surface area contributed by atoms with Crippen molar-refractivity contribution in [1.29, 1.82) is 0 Å². The van der Waals surface area contributed by atoms with Crippen molar-refractivity contribution in [3.8, 4) is 0 Å². The van der Waals surface area contributed by atoms with Crippen LogP contribution in [0.4, 0.5) is 4.79 Å². The molecule has 3 amide bonds. The lowest BCUT2D eigenvalue weighted by Gasteiger charge is -2.42. The van der Waals surface area contributed by atoms with Crippen molar-refractivity contribution in [2.45, 2.75) is 58.3 Å². The third-order valence-electron chi connectivity index (χ3n) is 6.64. The number of carbonyl (C=O) groups is 2. The van der Waals surface area contributed by atoms with E-state index < -0.39 is 11.9 Å². The molecule has 1 saturated heterocycles. The standard InChI is InChI=1S/C24H29N3O3/c1-13-9-17-18(24(4,5)8-7-23(17,2)3)11-15(13)16-10-14(12-25-21(16)30-6)19-20(28)27-22(29)26-19/h9-11H,7-8,12H2,1-6H3,(H2,26,27,28,29). The molecule has 4 rings (SSSR count). The number of benzene rings is 1. The fraction of sp³-hybridized carbons (Fsp3) is 0.458. The van der Waals surface area contributed by atoms with Gasteiger partial charge in [-0.3, -0.25) is 10.1 Å². The minimum Gasteiger partial charge on any atom is -0.481 e. The van der Waals surface area contributed by atoms with Crippen molar-refractivity contribution in [2.24, 2.45) is 4.99 Å². The predicted octanol–water partition coefficient (Wildman–Crippen LogP) is 3.88. The maximum Gasteiger partial charge on any atom is 0.326 e. The lowest BCUT2D eigenvalue weighted by atomic mass is 9.62. The number of nitrogens with one attached hydrogen (secondary N) is 2. The predicted molar refractivity (Wildman–Crippen MR) is 117 cm³/mol. The highest BCUT2D eigenvalue weighted by atomic mass is 16.5. The first-order valence-electron chi connectivity index (χ1n) is 10.4. The van der Waals surface area contributed by atoms with Gasteiger partial charge in [0.25, 0.3) is 5.91 Å². The van der Waals surface area contributed by atoms with Gasteiger partial charge < -0.3 is 10.1 Å². The highest BCUT2D eigenvalue weighted by Crippen LogP contribution is 2.47. The molecule has 0 atom stereocenters. The van der Waals surface area contributed by atoms with E-state index >= 15 is 0 Å². The van der Waals surface area contributed by atoms with E-state index in [1.54, 1.807) is 7.11 Å². The van der Waals surface area contributed by atoms with E-state index in [1.807, 2.05) is 6.08 Å². The van der Waals surface area contributed by atoms with E-state index in [0.717, 1.165) is 29.5 Å². The summed E-state index contributed by atoms with van der Waals surface area (Å²) >= 11 is 0. The molecule has 2 N–H and O–H groups in total. The molecule has 1 aromatic carbocycles. The van der Waals surface area contributed by atoms with Crippen LogP contribution in [0, 0.1) is 6.92 Å². The van der Waals surface area contributed by atoms with E-state index in [1.165, 1.54) is 11.1 Å². The molecule has 0 saturated carbocycles. The van der Waals surface area contributed by atoms with Crippen molar-refractivity contribution in [3.05, 3.63) is 51.7 Å². The third kappa shape index (κ3) is 3.24. The van der Waals surface area contributed by atoms with Crippen LogP contribution in [-0.2, 0) is 20.4 Å². The summed E-state index contributed by atoms with van der Waals surface area (Å²) in [4.78, 5) is 28.2. The Balaban J connectivity index is 1.90. The molecule has 6 nitrogen and oxygen atoms in total. The number of aliphatic imine (C=N–C) groups is 1. The molecule has 2 heterocycles. The van der Waals surface area contributed by atoms with E-state index in [-0.39, 0.29) is 23.1 Å². The Labute approximate surface area is 177 Å². The number of hydrogen-bond acceptors (Lipinski definition) is 4. The molecule has 2 aliphatic heterocycles. The molecule has 3 aliphatic rings. The van der Waals surface area contributed by atoms with Gasteiger partial charge in [-0.1, -0.05) is 33.8 Å². The van der Waals surface area contributed by atoms with Gasteiger partial charge in [-0.25, -0.2) is 9.79 Å². The minimum absolute atomic E-state index is 0.0769. The normalized spacial score (nSPS) is 24.5. The Hall–Kier alpha value is -2.89. The molecule has 0 radical (unpaired) electrons.